The lowest BCUT2D eigenvalue weighted by Crippen LogP contribution is -2.51. The molecule has 3 saturated heterocycles. The van der Waals surface area contributed by atoms with Gasteiger partial charge in [-0.1, -0.05) is 35.7 Å². The molecule has 4 rings (SSSR count). The molecule has 1 aromatic rings. The third-order valence-electron chi connectivity index (χ3n) is 7.27. The highest BCUT2D eigenvalue weighted by Crippen LogP contribution is 2.33. The van der Waals surface area contributed by atoms with Crippen LogP contribution in [0.2, 0.25) is 10.0 Å². The second-order valence-electron chi connectivity index (χ2n) is 9.60. The van der Waals surface area contributed by atoms with E-state index >= 15 is 0 Å². The molecule has 1 amide bonds. The van der Waals surface area contributed by atoms with E-state index in [9.17, 15) is 13.2 Å². The normalized spacial score (nSPS) is 23.1. The Balaban J connectivity index is 1.24. The van der Waals surface area contributed by atoms with Crippen molar-refractivity contribution in [2.45, 2.75) is 43.0 Å². The van der Waals surface area contributed by atoms with Gasteiger partial charge in [0.1, 0.15) is 11.5 Å². The summed E-state index contributed by atoms with van der Waals surface area (Å²) in [5.74, 6) is -0.0349. The van der Waals surface area contributed by atoms with Gasteiger partial charge in [0, 0.05) is 51.9 Å². The summed E-state index contributed by atoms with van der Waals surface area (Å²) in [7, 11) is -3.82. The lowest BCUT2D eigenvalue weighted by molar-refractivity contribution is -0.138. The molecule has 11 heteroatoms. The number of piperazine rings is 1. The molecule has 196 valence electrons. The van der Waals surface area contributed by atoms with Crippen molar-refractivity contribution in [3.05, 3.63) is 28.2 Å². The Kier molecular flexibility index (Phi) is 9.71. The number of ether oxygens (including phenoxy) is 1. The van der Waals surface area contributed by atoms with Crippen LogP contribution in [0.25, 0.3) is 0 Å². The minimum absolute atomic E-state index is 0.0113. The van der Waals surface area contributed by atoms with E-state index in [-0.39, 0.29) is 40.1 Å². The number of piperidine rings is 1. The summed E-state index contributed by atoms with van der Waals surface area (Å²) >= 11 is 12.3. The minimum atomic E-state index is -3.82. The quantitative estimate of drug-likeness (QED) is 0.474. The number of carbonyl (C=O) groups excluding carboxylic acids is 1. The van der Waals surface area contributed by atoms with Gasteiger partial charge in [-0.25, -0.2) is 8.42 Å². The first-order valence-corrected chi connectivity index (χ1v) is 14.8. The van der Waals surface area contributed by atoms with Crippen molar-refractivity contribution in [2.75, 3.05) is 72.1 Å². The fourth-order valence-corrected chi connectivity index (χ4v) is 7.57. The van der Waals surface area contributed by atoms with Crippen molar-refractivity contribution in [1.29, 1.82) is 0 Å². The Morgan fingerprint density at radius 1 is 0.914 bits per heavy atom. The maximum atomic E-state index is 13.3. The van der Waals surface area contributed by atoms with Crippen LogP contribution in [0.3, 0.4) is 0 Å². The molecule has 1 atom stereocenters. The molecule has 0 aromatic heterocycles. The van der Waals surface area contributed by atoms with Gasteiger partial charge in [0.2, 0.25) is 15.9 Å². The van der Waals surface area contributed by atoms with E-state index in [0.29, 0.717) is 26.1 Å². The number of halogens is 2. The third-order valence-corrected chi connectivity index (χ3v) is 10.2. The smallest absolute Gasteiger partial charge is 0.248 e. The van der Waals surface area contributed by atoms with E-state index in [1.807, 2.05) is 4.90 Å². The first-order chi connectivity index (χ1) is 16.9. The predicted octanol–water partition coefficient (Wildman–Crippen LogP) is 2.79. The van der Waals surface area contributed by atoms with Gasteiger partial charge in [0.25, 0.3) is 0 Å². The van der Waals surface area contributed by atoms with Gasteiger partial charge in [-0.15, -0.1) is 0 Å². The summed E-state index contributed by atoms with van der Waals surface area (Å²) in [6.45, 7) is 8.31. The minimum Gasteiger partial charge on any atom is -0.370 e. The number of rotatable bonds is 9. The molecular formula is C24H36Cl2N4O4S. The zero-order valence-corrected chi connectivity index (χ0v) is 22.5. The molecule has 3 aliphatic rings. The first-order valence-electron chi connectivity index (χ1n) is 12.6. The largest absolute Gasteiger partial charge is 0.370 e. The molecular weight excluding hydrogens is 511 g/mol. The second-order valence-corrected chi connectivity index (χ2v) is 12.2. The molecule has 0 saturated carbocycles. The van der Waals surface area contributed by atoms with Crippen molar-refractivity contribution in [3.63, 3.8) is 0 Å². The summed E-state index contributed by atoms with van der Waals surface area (Å²) in [5.41, 5.74) is 0. The number of likely N-dealkylation sites (tertiary alicyclic amines) is 1. The summed E-state index contributed by atoms with van der Waals surface area (Å²) in [5, 5.41) is 0.244. The van der Waals surface area contributed by atoms with Gasteiger partial charge < -0.3 is 14.5 Å². The van der Waals surface area contributed by atoms with E-state index in [2.05, 4.69) is 9.80 Å². The summed E-state index contributed by atoms with van der Waals surface area (Å²) in [4.78, 5) is 19.5. The second kappa shape index (κ2) is 12.5. The van der Waals surface area contributed by atoms with Crippen molar-refractivity contribution in [1.82, 2.24) is 19.0 Å². The fourth-order valence-electron chi connectivity index (χ4n) is 5.15. The molecule has 0 spiro atoms. The molecule has 1 aromatic carbocycles. The molecule has 0 bridgehead atoms. The highest BCUT2D eigenvalue weighted by molar-refractivity contribution is 7.89. The summed E-state index contributed by atoms with van der Waals surface area (Å²) in [6, 6.07) is 4.30. The SMILES string of the molecule is O=C(COCC1CCCCN1S(=O)(=O)c1cccc(Cl)c1Cl)N1CCN(CCN2CCCC2)CC1. The number of sulfonamides is 1. The van der Waals surface area contributed by atoms with Crippen LogP contribution in [0.5, 0.6) is 0 Å². The van der Waals surface area contributed by atoms with Crippen LogP contribution in [-0.4, -0.2) is 111 Å². The molecule has 0 aliphatic carbocycles. The highest BCUT2D eigenvalue weighted by Gasteiger charge is 2.35. The van der Waals surface area contributed by atoms with E-state index < -0.39 is 10.0 Å². The Labute approximate surface area is 219 Å². The van der Waals surface area contributed by atoms with Gasteiger partial charge in [-0.3, -0.25) is 9.69 Å². The molecule has 0 radical (unpaired) electrons. The van der Waals surface area contributed by atoms with E-state index in [0.717, 1.165) is 39.0 Å². The van der Waals surface area contributed by atoms with Crippen LogP contribution in [0, 0.1) is 0 Å². The topological polar surface area (TPSA) is 73.4 Å². The van der Waals surface area contributed by atoms with Gasteiger partial charge >= 0.3 is 0 Å². The number of benzene rings is 1. The predicted molar refractivity (Wildman–Crippen MR) is 138 cm³/mol. The Morgan fingerprint density at radius 2 is 1.57 bits per heavy atom. The summed E-state index contributed by atoms with van der Waals surface area (Å²) in [6.07, 6.45) is 4.98. The number of nitrogens with zero attached hydrogens (tertiary/aromatic N) is 4. The van der Waals surface area contributed by atoms with Crippen LogP contribution >= 0.6 is 23.2 Å². The number of hydrogen-bond donors (Lipinski definition) is 0. The lowest BCUT2D eigenvalue weighted by Gasteiger charge is -2.36. The van der Waals surface area contributed by atoms with Crippen LogP contribution in [0.1, 0.15) is 32.1 Å². The van der Waals surface area contributed by atoms with Gasteiger partial charge in [-0.2, -0.15) is 4.31 Å². The lowest BCUT2D eigenvalue weighted by atomic mass is 10.1. The number of amides is 1. The third kappa shape index (κ3) is 6.89. The maximum Gasteiger partial charge on any atom is 0.248 e. The molecule has 3 heterocycles. The standard InChI is InChI=1S/C24H36Cl2N4O4S/c25-21-7-5-8-22(24(21)26)35(32,33)30-11-2-1-6-20(30)18-34-19-23(31)29-16-14-28(15-17-29)13-12-27-9-3-4-10-27/h5,7-8,20H,1-4,6,9-19H2. The number of carbonyl (C=O) groups is 1. The Morgan fingerprint density at radius 3 is 2.29 bits per heavy atom. The fraction of sp³-hybridized carbons (Fsp3) is 0.708. The van der Waals surface area contributed by atoms with Crippen molar-refractivity contribution in [2.24, 2.45) is 0 Å². The first kappa shape index (κ1) is 27.1. The van der Waals surface area contributed by atoms with E-state index in [1.54, 1.807) is 12.1 Å². The monoisotopic (exact) mass is 546 g/mol. The summed E-state index contributed by atoms with van der Waals surface area (Å²) < 4.78 is 33.9. The van der Waals surface area contributed by atoms with E-state index in [4.69, 9.17) is 27.9 Å². The molecule has 1 unspecified atom stereocenters. The molecule has 8 nitrogen and oxygen atoms in total. The maximum absolute atomic E-state index is 13.3. The molecule has 3 aliphatic heterocycles. The Bertz CT molecular complexity index is 966. The van der Waals surface area contributed by atoms with Crippen LogP contribution in [0.4, 0.5) is 0 Å². The van der Waals surface area contributed by atoms with Crippen LogP contribution in [-0.2, 0) is 19.6 Å². The van der Waals surface area contributed by atoms with Crippen molar-refractivity contribution in [3.8, 4) is 0 Å². The van der Waals surface area contributed by atoms with Crippen molar-refractivity contribution < 1.29 is 17.9 Å². The van der Waals surface area contributed by atoms with Gasteiger partial charge in [-0.05, 0) is 50.9 Å². The molecule has 3 fully saturated rings. The van der Waals surface area contributed by atoms with Gasteiger partial charge in [0.05, 0.1) is 16.7 Å². The molecule has 0 N–H and O–H groups in total. The average Bonchev–Trinajstić information content (AvgIpc) is 3.38. The number of hydrogen-bond acceptors (Lipinski definition) is 6. The zero-order chi connectivity index (χ0) is 24.8. The van der Waals surface area contributed by atoms with Gasteiger partial charge in [0.15, 0.2) is 0 Å². The zero-order valence-electron chi connectivity index (χ0n) is 20.2. The van der Waals surface area contributed by atoms with Crippen molar-refractivity contribution >= 4 is 39.1 Å². The van der Waals surface area contributed by atoms with Crippen LogP contribution < -0.4 is 0 Å². The highest BCUT2D eigenvalue weighted by atomic mass is 35.5. The van der Waals surface area contributed by atoms with Crippen LogP contribution in [0.15, 0.2) is 23.1 Å². The Hall–Kier alpha value is -0.940. The molecule has 35 heavy (non-hydrogen) atoms. The van der Waals surface area contributed by atoms with E-state index in [1.165, 1.54) is 36.3 Å². The average molecular weight is 548 g/mol.